The average molecular weight is 541 g/mol. The monoisotopic (exact) mass is 540 g/mol. The molecule has 0 spiro atoms. The van der Waals surface area contributed by atoms with Crippen LogP contribution in [0.15, 0.2) is 77.8 Å². The lowest BCUT2D eigenvalue weighted by Gasteiger charge is -2.35. The van der Waals surface area contributed by atoms with Crippen molar-refractivity contribution in [2.24, 2.45) is 4.99 Å². The lowest BCUT2D eigenvalue weighted by molar-refractivity contribution is -0.137. The number of aryl methyl sites for hydroxylation is 1. The van der Waals surface area contributed by atoms with Gasteiger partial charge in [-0.15, -0.1) is 0 Å². The van der Waals surface area contributed by atoms with Crippen molar-refractivity contribution < 1.29 is 22.8 Å². The highest BCUT2D eigenvalue weighted by Gasteiger charge is 2.45. The number of benzene rings is 3. The summed E-state index contributed by atoms with van der Waals surface area (Å²) in [5, 5.41) is 3.09. The van der Waals surface area contributed by atoms with Crippen LogP contribution in [0.4, 0.5) is 18.0 Å². The highest BCUT2D eigenvalue weighted by atomic mass is 35.5. The molecule has 2 atom stereocenters. The maximum Gasteiger partial charge on any atom is 0.416 e. The van der Waals surface area contributed by atoms with Gasteiger partial charge in [-0.3, -0.25) is 14.7 Å². The summed E-state index contributed by atoms with van der Waals surface area (Å²) in [6.07, 6.45) is -4.48. The number of hydrogen-bond acceptors (Lipinski definition) is 3. The minimum absolute atomic E-state index is 0.114. The van der Waals surface area contributed by atoms with Gasteiger partial charge in [0.25, 0.3) is 0 Å². The van der Waals surface area contributed by atoms with E-state index in [1.54, 1.807) is 24.3 Å². The standard InChI is InChI=1S/C28H24ClF3N4O2/c1-17-5-4-6-19(15-17)25-24(18-9-11-20(12-10-18)28(30,31)32)34-26(21-7-2-3-8-22(21)29)36(25)27(38)35-14-13-33-23(37)16-35/h2-12,15,24-25H,13-14,16H2,1H3,(H,33,37). The molecule has 1 saturated heterocycles. The van der Waals surface area contributed by atoms with Crippen molar-refractivity contribution in [1.29, 1.82) is 0 Å². The number of piperazine rings is 1. The van der Waals surface area contributed by atoms with Gasteiger partial charge in [0.2, 0.25) is 5.91 Å². The second kappa shape index (κ2) is 10.1. The van der Waals surface area contributed by atoms with Crippen LogP contribution in [0.2, 0.25) is 5.02 Å². The van der Waals surface area contributed by atoms with E-state index in [1.807, 2.05) is 31.2 Å². The smallest absolute Gasteiger partial charge is 0.353 e. The Labute approximate surface area is 222 Å². The number of urea groups is 1. The molecule has 5 rings (SSSR count). The predicted octanol–water partition coefficient (Wildman–Crippen LogP) is 5.76. The number of rotatable bonds is 3. The molecule has 3 amide bonds. The quantitative estimate of drug-likeness (QED) is 0.459. The number of halogens is 4. The first-order valence-corrected chi connectivity index (χ1v) is 12.4. The van der Waals surface area contributed by atoms with Gasteiger partial charge in [0.15, 0.2) is 0 Å². The van der Waals surface area contributed by atoms with Crippen molar-refractivity contribution in [1.82, 2.24) is 15.1 Å². The lowest BCUT2D eigenvalue weighted by Crippen LogP contribution is -2.55. The van der Waals surface area contributed by atoms with E-state index < -0.39 is 29.9 Å². The number of aliphatic imine (C=N–C) groups is 1. The molecule has 0 aromatic heterocycles. The number of alkyl halides is 3. The van der Waals surface area contributed by atoms with Crippen molar-refractivity contribution in [3.05, 3.63) is 106 Å². The van der Waals surface area contributed by atoms with Crippen LogP contribution in [0.5, 0.6) is 0 Å². The molecule has 1 fully saturated rings. The van der Waals surface area contributed by atoms with Crippen LogP contribution in [-0.4, -0.2) is 47.2 Å². The maximum absolute atomic E-state index is 14.1. The van der Waals surface area contributed by atoms with Gasteiger partial charge < -0.3 is 10.2 Å². The number of amidine groups is 1. The van der Waals surface area contributed by atoms with Gasteiger partial charge in [-0.05, 0) is 42.3 Å². The number of amides is 3. The summed E-state index contributed by atoms with van der Waals surface area (Å²) in [6.45, 7) is 2.43. The fraction of sp³-hybridized carbons (Fsp3) is 0.250. The van der Waals surface area contributed by atoms with Gasteiger partial charge in [-0.2, -0.15) is 13.2 Å². The first kappa shape index (κ1) is 25.8. The Hall–Kier alpha value is -3.85. The highest BCUT2D eigenvalue weighted by Crippen LogP contribution is 2.45. The molecular weight excluding hydrogens is 517 g/mol. The summed E-state index contributed by atoms with van der Waals surface area (Å²) in [4.78, 5) is 34.1. The third-order valence-corrected chi connectivity index (χ3v) is 6.99. The Kier molecular flexibility index (Phi) is 6.88. The molecule has 3 aromatic rings. The molecule has 2 heterocycles. The van der Waals surface area contributed by atoms with Crippen LogP contribution < -0.4 is 5.32 Å². The molecule has 0 aliphatic carbocycles. The summed E-state index contributed by atoms with van der Waals surface area (Å²) >= 11 is 6.55. The first-order valence-electron chi connectivity index (χ1n) is 12.0. The molecule has 0 bridgehead atoms. The molecule has 0 radical (unpaired) electrons. The summed E-state index contributed by atoms with van der Waals surface area (Å²) in [7, 11) is 0. The summed E-state index contributed by atoms with van der Waals surface area (Å²) in [5.41, 5.74) is 1.96. The molecule has 2 aliphatic heterocycles. The number of nitrogens with zero attached hydrogens (tertiary/aromatic N) is 3. The van der Waals surface area contributed by atoms with Gasteiger partial charge in [-0.25, -0.2) is 4.79 Å². The molecule has 3 aromatic carbocycles. The van der Waals surface area contributed by atoms with Crippen LogP contribution in [0.25, 0.3) is 0 Å². The molecule has 1 N–H and O–H groups in total. The van der Waals surface area contributed by atoms with E-state index >= 15 is 0 Å². The number of carbonyl (C=O) groups excluding carboxylic acids is 2. The molecule has 10 heteroatoms. The Balaban J connectivity index is 1.67. The van der Waals surface area contributed by atoms with E-state index in [0.29, 0.717) is 35.1 Å². The van der Waals surface area contributed by atoms with Crippen molar-refractivity contribution in [3.8, 4) is 0 Å². The fourth-order valence-corrected chi connectivity index (χ4v) is 5.07. The van der Waals surface area contributed by atoms with Crippen molar-refractivity contribution in [3.63, 3.8) is 0 Å². The fourth-order valence-electron chi connectivity index (χ4n) is 4.85. The Morgan fingerprint density at radius 2 is 1.76 bits per heavy atom. The van der Waals surface area contributed by atoms with Gasteiger partial charge in [0, 0.05) is 18.7 Å². The van der Waals surface area contributed by atoms with E-state index in [0.717, 1.165) is 23.3 Å². The molecule has 196 valence electrons. The van der Waals surface area contributed by atoms with Crippen LogP contribution >= 0.6 is 11.6 Å². The minimum Gasteiger partial charge on any atom is -0.353 e. The highest BCUT2D eigenvalue weighted by molar-refractivity contribution is 6.34. The van der Waals surface area contributed by atoms with E-state index in [-0.39, 0.29) is 12.5 Å². The maximum atomic E-state index is 14.1. The third-order valence-electron chi connectivity index (χ3n) is 6.66. The van der Waals surface area contributed by atoms with E-state index in [1.165, 1.54) is 21.9 Å². The molecule has 0 saturated carbocycles. The number of carbonyl (C=O) groups is 2. The summed E-state index contributed by atoms with van der Waals surface area (Å²) in [5.74, 6) is 0.0226. The molecule has 6 nitrogen and oxygen atoms in total. The van der Waals surface area contributed by atoms with Crippen LogP contribution in [-0.2, 0) is 11.0 Å². The summed E-state index contributed by atoms with van der Waals surface area (Å²) < 4.78 is 39.8. The average Bonchev–Trinajstić information content (AvgIpc) is 3.28. The van der Waals surface area contributed by atoms with Crippen molar-refractivity contribution in [2.75, 3.05) is 19.6 Å². The first-order chi connectivity index (χ1) is 18.1. The Morgan fingerprint density at radius 1 is 1.03 bits per heavy atom. The Morgan fingerprint density at radius 3 is 2.42 bits per heavy atom. The largest absolute Gasteiger partial charge is 0.416 e. The minimum atomic E-state index is -4.48. The van der Waals surface area contributed by atoms with E-state index in [4.69, 9.17) is 16.6 Å². The second-order valence-electron chi connectivity index (χ2n) is 9.28. The SMILES string of the molecule is Cc1cccc(C2C(c3ccc(C(F)(F)F)cc3)N=C(c3ccccc3Cl)N2C(=O)N2CCNC(=O)C2)c1. The van der Waals surface area contributed by atoms with E-state index in [9.17, 15) is 22.8 Å². The van der Waals surface area contributed by atoms with Gasteiger partial charge >= 0.3 is 12.2 Å². The predicted molar refractivity (Wildman–Crippen MR) is 138 cm³/mol. The second-order valence-corrected chi connectivity index (χ2v) is 9.69. The van der Waals surface area contributed by atoms with Crippen LogP contribution in [0, 0.1) is 6.92 Å². The third kappa shape index (κ3) is 4.98. The topological polar surface area (TPSA) is 65.0 Å². The van der Waals surface area contributed by atoms with Crippen molar-refractivity contribution >= 4 is 29.4 Å². The normalized spacial score (nSPS) is 19.8. The van der Waals surface area contributed by atoms with Gasteiger partial charge in [-0.1, -0.05) is 65.7 Å². The van der Waals surface area contributed by atoms with Crippen LogP contribution in [0.3, 0.4) is 0 Å². The Bertz CT molecular complexity index is 1410. The summed E-state index contributed by atoms with van der Waals surface area (Å²) in [6, 6.07) is 17.5. The zero-order valence-corrected chi connectivity index (χ0v) is 21.1. The molecular formula is C28H24ClF3N4O2. The van der Waals surface area contributed by atoms with Gasteiger partial charge in [0.1, 0.15) is 18.4 Å². The van der Waals surface area contributed by atoms with Crippen molar-refractivity contribution in [2.45, 2.75) is 25.2 Å². The molecule has 2 unspecified atom stereocenters. The number of hydrogen-bond donors (Lipinski definition) is 1. The lowest BCUT2D eigenvalue weighted by atomic mass is 9.92. The van der Waals surface area contributed by atoms with Crippen LogP contribution in [0.1, 0.15) is 39.9 Å². The molecule has 38 heavy (non-hydrogen) atoms. The van der Waals surface area contributed by atoms with Gasteiger partial charge in [0.05, 0.1) is 16.6 Å². The number of nitrogens with one attached hydrogen (secondary N) is 1. The zero-order valence-electron chi connectivity index (χ0n) is 20.4. The van der Waals surface area contributed by atoms with E-state index in [2.05, 4.69) is 5.32 Å². The molecule has 2 aliphatic rings. The zero-order chi connectivity index (χ0) is 27.0.